The number of rotatable bonds is 6. The maximum atomic E-state index is 12.1. The maximum absolute atomic E-state index is 12.1. The van der Waals surface area contributed by atoms with E-state index in [1.807, 2.05) is 0 Å². The van der Waals surface area contributed by atoms with Gasteiger partial charge in [-0.3, -0.25) is 8.37 Å². The summed E-state index contributed by atoms with van der Waals surface area (Å²) in [6, 6.07) is 2.33. The van der Waals surface area contributed by atoms with E-state index in [0.29, 0.717) is 0 Å². The molecule has 0 saturated carbocycles. The van der Waals surface area contributed by atoms with E-state index < -0.39 is 32.4 Å². The number of benzene rings is 1. The molecule has 0 unspecified atom stereocenters. The lowest BCUT2D eigenvalue weighted by molar-refractivity contribution is 0.247. The summed E-state index contributed by atoms with van der Waals surface area (Å²) >= 11 is 6.13. The summed E-state index contributed by atoms with van der Waals surface area (Å²) in [4.78, 5) is -0.340. The molecule has 0 spiro atoms. The summed E-state index contributed by atoms with van der Waals surface area (Å²) in [5, 5.41) is 0. The third-order valence-corrected chi connectivity index (χ3v) is 7.03. The zero-order valence-electron chi connectivity index (χ0n) is 12.3. The van der Waals surface area contributed by atoms with E-state index in [0.717, 1.165) is 0 Å². The van der Waals surface area contributed by atoms with Crippen LogP contribution in [0, 0.1) is 0 Å². The fourth-order valence-electron chi connectivity index (χ4n) is 1.50. The molecular formula is C12H16Br2O6S2. The molecule has 1 aromatic rings. The first-order valence-electron chi connectivity index (χ1n) is 6.22. The zero-order valence-corrected chi connectivity index (χ0v) is 17.1. The lowest BCUT2D eigenvalue weighted by atomic mass is 10.4. The molecule has 0 radical (unpaired) electrons. The van der Waals surface area contributed by atoms with Crippen molar-refractivity contribution in [3.05, 3.63) is 21.1 Å². The van der Waals surface area contributed by atoms with Gasteiger partial charge in [0.25, 0.3) is 20.2 Å². The van der Waals surface area contributed by atoms with E-state index in [2.05, 4.69) is 31.9 Å². The Balaban J connectivity index is 3.41. The predicted molar refractivity (Wildman–Crippen MR) is 88.7 cm³/mol. The average molecular weight is 480 g/mol. The molecule has 0 heterocycles. The second-order valence-corrected chi connectivity index (χ2v) is 9.70. The van der Waals surface area contributed by atoms with Gasteiger partial charge < -0.3 is 0 Å². The molecule has 0 bridgehead atoms. The van der Waals surface area contributed by atoms with E-state index in [4.69, 9.17) is 8.37 Å². The molecule has 0 N–H and O–H groups in total. The predicted octanol–water partition coefficient (Wildman–Crippen LogP) is 3.44. The third-order valence-electron chi connectivity index (χ3n) is 2.16. The smallest absolute Gasteiger partial charge is 0.264 e. The molecule has 0 saturated heterocycles. The second kappa shape index (κ2) is 7.27. The van der Waals surface area contributed by atoms with E-state index in [1.54, 1.807) is 27.7 Å². The van der Waals surface area contributed by atoms with Gasteiger partial charge in [0.1, 0.15) is 9.79 Å². The zero-order chi connectivity index (χ0) is 17.3. The summed E-state index contributed by atoms with van der Waals surface area (Å²) in [7, 11) is -8.02. The highest BCUT2D eigenvalue weighted by Crippen LogP contribution is 2.34. The van der Waals surface area contributed by atoms with Crippen LogP contribution in [0.2, 0.25) is 0 Å². The summed E-state index contributed by atoms with van der Waals surface area (Å²) in [6.45, 7) is 6.32. The van der Waals surface area contributed by atoms with Crippen LogP contribution in [-0.4, -0.2) is 29.0 Å². The standard InChI is InChI=1S/C12H16Br2O6S2/c1-7(2)19-21(15,16)11-5-10(14)12(6-9(11)13)22(17,18)20-8(3)4/h5-8H,1-4H3. The molecule has 0 fully saturated rings. The molecule has 22 heavy (non-hydrogen) atoms. The highest BCUT2D eigenvalue weighted by atomic mass is 79.9. The van der Waals surface area contributed by atoms with Crippen molar-refractivity contribution in [2.75, 3.05) is 0 Å². The van der Waals surface area contributed by atoms with Gasteiger partial charge in [0, 0.05) is 8.95 Å². The Bertz CT molecular complexity index is 688. The lowest BCUT2D eigenvalue weighted by Crippen LogP contribution is -2.15. The van der Waals surface area contributed by atoms with Gasteiger partial charge in [-0.25, -0.2) is 0 Å². The third kappa shape index (κ3) is 5.00. The first kappa shape index (κ1) is 20.0. The first-order chi connectivity index (χ1) is 9.86. The van der Waals surface area contributed by atoms with Crippen molar-refractivity contribution < 1.29 is 25.2 Å². The minimum Gasteiger partial charge on any atom is -0.264 e. The van der Waals surface area contributed by atoms with Gasteiger partial charge in [0.05, 0.1) is 12.2 Å². The van der Waals surface area contributed by atoms with Crippen molar-refractivity contribution in [2.24, 2.45) is 0 Å². The van der Waals surface area contributed by atoms with Gasteiger partial charge in [-0.1, -0.05) is 0 Å². The second-order valence-electron chi connectivity index (χ2n) is 4.91. The highest BCUT2D eigenvalue weighted by Gasteiger charge is 2.27. The topological polar surface area (TPSA) is 86.7 Å². The Hall–Kier alpha value is -0.000000000000000111. The molecule has 0 amide bonds. The van der Waals surface area contributed by atoms with E-state index in [9.17, 15) is 16.8 Å². The molecule has 10 heteroatoms. The van der Waals surface area contributed by atoms with Gasteiger partial charge in [-0.05, 0) is 71.7 Å². The first-order valence-corrected chi connectivity index (χ1v) is 10.6. The summed E-state index contributed by atoms with van der Waals surface area (Å²) in [6.07, 6.45) is -1.08. The van der Waals surface area contributed by atoms with Crippen LogP contribution in [0.4, 0.5) is 0 Å². The quantitative estimate of drug-likeness (QED) is 0.581. The van der Waals surface area contributed by atoms with E-state index in [-0.39, 0.29) is 18.7 Å². The molecule has 1 rings (SSSR count). The number of hydrogen-bond acceptors (Lipinski definition) is 6. The van der Waals surface area contributed by atoms with Crippen molar-refractivity contribution in [1.29, 1.82) is 0 Å². The molecule has 126 valence electrons. The summed E-state index contributed by atoms with van der Waals surface area (Å²) in [5.41, 5.74) is 0. The van der Waals surface area contributed by atoms with Gasteiger partial charge in [0.2, 0.25) is 0 Å². The van der Waals surface area contributed by atoms with Crippen molar-refractivity contribution in [2.45, 2.75) is 49.7 Å². The SMILES string of the molecule is CC(C)OS(=O)(=O)c1cc(Br)c(S(=O)(=O)OC(C)C)cc1Br. The molecule has 0 aromatic heterocycles. The van der Waals surface area contributed by atoms with Gasteiger partial charge >= 0.3 is 0 Å². The number of halogens is 2. The van der Waals surface area contributed by atoms with Crippen LogP contribution in [0.1, 0.15) is 27.7 Å². The molecule has 0 atom stereocenters. The number of hydrogen-bond donors (Lipinski definition) is 0. The highest BCUT2D eigenvalue weighted by molar-refractivity contribution is 9.11. The average Bonchev–Trinajstić information content (AvgIpc) is 2.27. The minimum atomic E-state index is -4.01. The Morgan fingerprint density at radius 2 is 1.05 bits per heavy atom. The summed E-state index contributed by atoms with van der Waals surface area (Å²) < 4.78 is 58.3. The van der Waals surface area contributed by atoms with Crippen LogP contribution >= 0.6 is 31.9 Å². The van der Waals surface area contributed by atoms with Crippen LogP contribution < -0.4 is 0 Å². The summed E-state index contributed by atoms with van der Waals surface area (Å²) in [5.74, 6) is 0. The van der Waals surface area contributed by atoms with Gasteiger partial charge in [-0.15, -0.1) is 0 Å². The Labute approximate surface area is 147 Å². The molecule has 1 aromatic carbocycles. The van der Waals surface area contributed by atoms with E-state index in [1.165, 1.54) is 12.1 Å². The lowest BCUT2D eigenvalue weighted by Gasteiger charge is -2.14. The molecule has 6 nitrogen and oxygen atoms in total. The Morgan fingerprint density at radius 3 is 1.27 bits per heavy atom. The van der Waals surface area contributed by atoms with Crippen LogP contribution in [-0.2, 0) is 28.6 Å². The molecule has 0 aliphatic carbocycles. The Kier molecular flexibility index (Phi) is 6.62. The fraction of sp³-hybridized carbons (Fsp3) is 0.500. The monoisotopic (exact) mass is 478 g/mol. The van der Waals surface area contributed by atoms with Crippen LogP contribution in [0.3, 0.4) is 0 Å². The van der Waals surface area contributed by atoms with Crippen LogP contribution in [0.25, 0.3) is 0 Å². The van der Waals surface area contributed by atoms with Gasteiger partial charge in [0.15, 0.2) is 0 Å². The molecule has 0 aliphatic heterocycles. The Morgan fingerprint density at radius 1 is 0.773 bits per heavy atom. The normalized spacial score (nSPS) is 13.1. The van der Waals surface area contributed by atoms with Gasteiger partial charge in [-0.2, -0.15) is 16.8 Å². The van der Waals surface area contributed by atoms with Crippen LogP contribution in [0.5, 0.6) is 0 Å². The van der Waals surface area contributed by atoms with Crippen molar-refractivity contribution in [1.82, 2.24) is 0 Å². The van der Waals surface area contributed by atoms with Crippen molar-refractivity contribution in [3.8, 4) is 0 Å². The fourth-order valence-corrected chi connectivity index (χ4v) is 6.02. The van der Waals surface area contributed by atoms with Crippen molar-refractivity contribution >= 4 is 52.1 Å². The van der Waals surface area contributed by atoms with Crippen molar-refractivity contribution in [3.63, 3.8) is 0 Å². The maximum Gasteiger partial charge on any atom is 0.298 e. The molecule has 0 aliphatic rings. The minimum absolute atomic E-state index is 0.0716. The van der Waals surface area contributed by atoms with Crippen LogP contribution in [0.15, 0.2) is 30.9 Å². The largest absolute Gasteiger partial charge is 0.298 e. The molecular weight excluding hydrogens is 464 g/mol. The van der Waals surface area contributed by atoms with E-state index >= 15 is 0 Å².